The maximum absolute atomic E-state index is 5.27. The lowest BCUT2D eigenvalue weighted by Crippen LogP contribution is -1.87. The molecule has 2 aromatic heterocycles. The first-order valence-corrected chi connectivity index (χ1v) is 4.25. The molecule has 0 spiro atoms. The van der Waals surface area contributed by atoms with Gasteiger partial charge in [-0.15, -0.1) is 0 Å². The van der Waals surface area contributed by atoms with Crippen LogP contribution in [0.2, 0.25) is 0 Å². The quantitative estimate of drug-likeness (QED) is 0.662. The van der Waals surface area contributed by atoms with Crippen molar-refractivity contribution in [1.82, 2.24) is 4.98 Å². The molecule has 2 rings (SSSR count). The van der Waals surface area contributed by atoms with Crippen LogP contribution in [0, 0.1) is 13.8 Å². The minimum Gasteiger partial charge on any atom is -0.463 e. The molecule has 0 aliphatic heterocycles. The molecule has 2 nitrogen and oxygen atoms in total. The van der Waals surface area contributed by atoms with Crippen LogP contribution in [0.5, 0.6) is 0 Å². The number of aryl methyl sites for hydroxylation is 2. The first kappa shape index (κ1) is 8.05. The van der Waals surface area contributed by atoms with E-state index in [1.165, 1.54) is 5.56 Å². The van der Waals surface area contributed by atoms with Gasteiger partial charge in [-0.1, -0.05) is 0 Å². The summed E-state index contributed by atoms with van der Waals surface area (Å²) in [5.74, 6) is 0.826. The summed E-state index contributed by atoms with van der Waals surface area (Å²) < 4.78 is 5.27. The van der Waals surface area contributed by atoms with Crippen molar-refractivity contribution in [3.05, 3.63) is 41.8 Å². The van der Waals surface area contributed by atoms with Crippen LogP contribution in [0.4, 0.5) is 0 Å². The normalized spacial score (nSPS) is 10.3. The summed E-state index contributed by atoms with van der Waals surface area (Å²) >= 11 is 0. The molecule has 2 aromatic rings. The first-order valence-electron chi connectivity index (χ1n) is 4.25. The summed E-state index contributed by atoms with van der Waals surface area (Å²) in [6.07, 6.45) is 1.66. The van der Waals surface area contributed by atoms with Crippen LogP contribution in [0.15, 0.2) is 34.9 Å². The molecule has 2 heteroatoms. The molecular weight excluding hydrogens is 162 g/mol. The topological polar surface area (TPSA) is 26.0 Å². The molecule has 66 valence electrons. The Kier molecular flexibility index (Phi) is 1.89. The van der Waals surface area contributed by atoms with Crippen LogP contribution in [0.3, 0.4) is 0 Å². The SMILES string of the molecule is Cc1cc(C)nc(-c2ccco2)c1. The number of rotatable bonds is 1. The predicted molar refractivity (Wildman–Crippen MR) is 51.4 cm³/mol. The lowest BCUT2D eigenvalue weighted by atomic mass is 10.2. The van der Waals surface area contributed by atoms with Gasteiger partial charge in [0.05, 0.1) is 6.26 Å². The van der Waals surface area contributed by atoms with Crippen LogP contribution >= 0.6 is 0 Å². The molecule has 0 aliphatic carbocycles. The average molecular weight is 173 g/mol. The highest BCUT2D eigenvalue weighted by atomic mass is 16.3. The average Bonchev–Trinajstić information content (AvgIpc) is 2.53. The number of hydrogen-bond donors (Lipinski definition) is 0. The van der Waals surface area contributed by atoms with E-state index in [0.29, 0.717) is 0 Å². The van der Waals surface area contributed by atoms with Gasteiger partial charge in [0, 0.05) is 5.69 Å². The lowest BCUT2D eigenvalue weighted by molar-refractivity contribution is 0.579. The summed E-state index contributed by atoms with van der Waals surface area (Å²) in [7, 11) is 0. The third kappa shape index (κ3) is 1.61. The van der Waals surface area contributed by atoms with Crippen LogP contribution in [0.25, 0.3) is 11.5 Å². The summed E-state index contributed by atoms with van der Waals surface area (Å²) in [6.45, 7) is 4.04. The van der Waals surface area contributed by atoms with Crippen molar-refractivity contribution >= 4 is 0 Å². The van der Waals surface area contributed by atoms with Crippen molar-refractivity contribution in [2.75, 3.05) is 0 Å². The van der Waals surface area contributed by atoms with Crippen molar-refractivity contribution in [2.45, 2.75) is 13.8 Å². The zero-order chi connectivity index (χ0) is 9.26. The molecule has 13 heavy (non-hydrogen) atoms. The smallest absolute Gasteiger partial charge is 0.152 e. The molecule has 0 bridgehead atoms. The Morgan fingerprint density at radius 2 is 2.08 bits per heavy atom. The second-order valence-electron chi connectivity index (χ2n) is 3.15. The van der Waals surface area contributed by atoms with E-state index in [1.807, 2.05) is 31.2 Å². The number of aromatic nitrogens is 1. The molecule has 0 saturated heterocycles. The van der Waals surface area contributed by atoms with Crippen molar-refractivity contribution in [1.29, 1.82) is 0 Å². The van der Waals surface area contributed by atoms with E-state index in [2.05, 4.69) is 11.9 Å². The first-order chi connectivity index (χ1) is 6.25. The second-order valence-corrected chi connectivity index (χ2v) is 3.15. The zero-order valence-electron chi connectivity index (χ0n) is 7.74. The van der Waals surface area contributed by atoms with E-state index in [1.54, 1.807) is 6.26 Å². The maximum Gasteiger partial charge on any atom is 0.152 e. The van der Waals surface area contributed by atoms with E-state index in [-0.39, 0.29) is 0 Å². The van der Waals surface area contributed by atoms with E-state index in [4.69, 9.17) is 4.42 Å². The van der Waals surface area contributed by atoms with Crippen molar-refractivity contribution in [3.63, 3.8) is 0 Å². The molecule has 0 unspecified atom stereocenters. The van der Waals surface area contributed by atoms with Crippen molar-refractivity contribution in [3.8, 4) is 11.5 Å². The number of hydrogen-bond acceptors (Lipinski definition) is 2. The molecule has 0 atom stereocenters. The minimum atomic E-state index is 0.826. The number of furan rings is 1. The third-order valence-corrected chi connectivity index (χ3v) is 1.87. The van der Waals surface area contributed by atoms with Gasteiger partial charge in [-0.3, -0.25) is 0 Å². The highest BCUT2D eigenvalue weighted by Gasteiger charge is 2.02. The fourth-order valence-corrected chi connectivity index (χ4v) is 1.39. The Balaban J connectivity index is 2.53. The molecule has 0 radical (unpaired) electrons. The van der Waals surface area contributed by atoms with Crippen LogP contribution in [-0.4, -0.2) is 4.98 Å². The number of nitrogens with zero attached hydrogens (tertiary/aromatic N) is 1. The Morgan fingerprint density at radius 1 is 1.23 bits per heavy atom. The van der Waals surface area contributed by atoms with E-state index in [0.717, 1.165) is 17.1 Å². The Labute approximate surface area is 77.2 Å². The minimum absolute atomic E-state index is 0.826. The molecule has 0 amide bonds. The predicted octanol–water partition coefficient (Wildman–Crippen LogP) is 2.96. The monoisotopic (exact) mass is 173 g/mol. The second kappa shape index (κ2) is 3.05. The molecule has 0 N–H and O–H groups in total. The fourth-order valence-electron chi connectivity index (χ4n) is 1.39. The lowest BCUT2D eigenvalue weighted by Gasteiger charge is -2.00. The Morgan fingerprint density at radius 3 is 2.69 bits per heavy atom. The summed E-state index contributed by atoms with van der Waals surface area (Å²) in [5, 5.41) is 0. The van der Waals surface area contributed by atoms with Crippen molar-refractivity contribution in [2.24, 2.45) is 0 Å². The van der Waals surface area contributed by atoms with Gasteiger partial charge in [-0.05, 0) is 43.7 Å². The van der Waals surface area contributed by atoms with Gasteiger partial charge in [-0.25, -0.2) is 4.98 Å². The van der Waals surface area contributed by atoms with E-state index >= 15 is 0 Å². The van der Waals surface area contributed by atoms with Crippen LogP contribution < -0.4 is 0 Å². The van der Waals surface area contributed by atoms with Gasteiger partial charge in [0.1, 0.15) is 5.69 Å². The Hall–Kier alpha value is -1.57. The van der Waals surface area contributed by atoms with Gasteiger partial charge in [-0.2, -0.15) is 0 Å². The molecular formula is C11H11NO. The van der Waals surface area contributed by atoms with Gasteiger partial charge in [0.25, 0.3) is 0 Å². The van der Waals surface area contributed by atoms with E-state index < -0.39 is 0 Å². The van der Waals surface area contributed by atoms with Crippen LogP contribution in [0.1, 0.15) is 11.3 Å². The highest BCUT2D eigenvalue weighted by Crippen LogP contribution is 2.18. The van der Waals surface area contributed by atoms with Crippen LogP contribution in [-0.2, 0) is 0 Å². The van der Waals surface area contributed by atoms with Crippen molar-refractivity contribution < 1.29 is 4.42 Å². The van der Waals surface area contributed by atoms with Gasteiger partial charge in [0.15, 0.2) is 5.76 Å². The Bertz CT molecular complexity index is 384. The third-order valence-electron chi connectivity index (χ3n) is 1.87. The van der Waals surface area contributed by atoms with Gasteiger partial charge in [0.2, 0.25) is 0 Å². The maximum atomic E-state index is 5.27. The zero-order valence-corrected chi connectivity index (χ0v) is 7.74. The summed E-state index contributed by atoms with van der Waals surface area (Å²) in [4.78, 5) is 4.38. The summed E-state index contributed by atoms with van der Waals surface area (Å²) in [5.41, 5.74) is 3.13. The number of pyridine rings is 1. The van der Waals surface area contributed by atoms with Gasteiger partial charge >= 0.3 is 0 Å². The standard InChI is InChI=1S/C11H11NO/c1-8-6-9(2)12-10(7-8)11-4-3-5-13-11/h3-7H,1-2H3. The largest absolute Gasteiger partial charge is 0.463 e. The molecule has 0 aliphatic rings. The molecule has 0 fully saturated rings. The van der Waals surface area contributed by atoms with E-state index in [9.17, 15) is 0 Å². The molecule has 0 aromatic carbocycles. The summed E-state index contributed by atoms with van der Waals surface area (Å²) in [6, 6.07) is 7.86. The molecule has 0 saturated carbocycles. The van der Waals surface area contributed by atoms with Gasteiger partial charge < -0.3 is 4.42 Å². The molecule has 2 heterocycles. The fraction of sp³-hybridized carbons (Fsp3) is 0.182. The highest BCUT2D eigenvalue weighted by molar-refractivity contribution is 5.53.